The molecule has 0 unspecified atom stereocenters. The van der Waals surface area contributed by atoms with E-state index in [1.807, 2.05) is 79.9 Å². The van der Waals surface area contributed by atoms with Gasteiger partial charge in [0, 0.05) is 17.8 Å². The minimum absolute atomic E-state index is 0.184. The van der Waals surface area contributed by atoms with Crippen molar-refractivity contribution >= 4 is 33.8 Å². The zero-order valence-corrected chi connectivity index (χ0v) is 23.5. The summed E-state index contributed by atoms with van der Waals surface area (Å²) in [5, 5.41) is 3.73. The Morgan fingerprint density at radius 1 is 1.00 bits per heavy atom. The van der Waals surface area contributed by atoms with Crippen LogP contribution in [0.4, 0.5) is 16.6 Å². The summed E-state index contributed by atoms with van der Waals surface area (Å²) in [5.41, 5.74) is 7.33. The number of likely N-dealkylation sites (N-methyl/N-ethyl adjacent to an activating group) is 1. The molecule has 1 aromatic heterocycles. The number of nitrogens with two attached hydrogens (primary N) is 1. The number of hydrogen-bond acceptors (Lipinski definition) is 8. The number of aromatic nitrogens is 1. The normalized spacial score (nSPS) is 9.43. The van der Waals surface area contributed by atoms with Gasteiger partial charge in [-0.2, -0.15) is 0 Å². The van der Waals surface area contributed by atoms with E-state index in [0.29, 0.717) is 27.9 Å². The van der Waals surface area contributed by atoms with E-state index < -0.39 is 0 Å². The van der Waals surface area contributed by atoms with E-state index in [1.165, 1.54) is 11.3 Å². The number of carbonyl (C=O) groups is 1. The second-order valence-corrected chi connectivity index (χ2v) is 7.59. The summed E-state index contributed by atoms with van der Waals surface area (Å²) in [6.07, 6.45) is 0. The maximum Gasteiger partial charge on any atom is 0.206 e. The van der Waals surface area contributed by atoms with Crippen LogP contribution in [0.3, 0.4) is 0 Å². The van der Waals surface area contributed by atoms with Crippen molar-refractivity contribution in [3.05, 3.63) is 59.0 Å². The smallest absolute Gasteiger partial charge is 0.206 e. The van der Waals surface area contributed by atoms with Gasteiger partial charge in [0.25, 0.3) is 0 Å². The largest absolute Gasteiger partial charge is 0.497 e. The number of carbonyl (C=O) groups excluding carboxylic acids is 1. The molecule has 1 heterocycles. The standard InChI is InChI=1S/C21H24N4O3S.3C2H6/c1-25(2)11-12-28-16-9-7-15(8-10-16)23-21-24-20(22)19(29-21)18(26)14-5-4-6-17(13-14)27-3;3*1-2/h4-10,13H,11-12,22H2,1-3H3,(H,23,24);3*1-2H3. The van der Waals surface area contributed by atoms with Gasteiger partial charge < -0.3 is 25.4 Å². The van der Waals surface area contributed by atoms with E-state index in [4.69, 9.17) is 15.2 Å². The molecule has 2 aromatic carbocycles. The molecule has 194 valence electrons. The van der Waals surface area contributed by atoms with Crippen LogP contribution in [-0.2, 0) is 0 Å². The topological polar surface area (TPSA) is 89.7 Å². The third kappa shape index (κ3) is 10.8. The number of nitrogens with one attached hydrogen (secondary N) is 1. The van der Waals surface area contributed by atoms with Crippen molar-refractivity contribution in [2.75, 3.05) is 45.4 Å². The maximum atomic E-state index is 12.8. The summed E-state index contributed by atoms with van der Waals surface area (Å²) in [4.78, 5) is 19.5. The Balaban J connectivity index is 0.00000179. The molecule has 0 saturated heterocycles. The predicted molar refractivity (Wildman–Crippen MR) is 151 cm³/mol. The van der Waals surface area contributed by atoms with Crippen LogP contribution in [-0.4, -0.2) is 50.0 Å². The summed E-state index contributed by atoms with van der Waals surface area (Å²) in [6.45, 7) is 13.5. The van der Waals surface area contributed by atoms with Crippen molar-refractivity contribution < 1.29 is 14.3 Å². The lowest BCUT2D eigenvalue weighted by Gasteiger charge is -2.11. The molecule has 0 spiro atoms. The lowest BCUT2D eigenvalue weighted by Crippen LogP contribution is -2.19. The summed E-state index contributed by atoms with van der Waals surface area (Å²) >= 11 is 1.22. The monoisotopic (exact) mass is 502 g/mol. The van der Waals surface area contributed by atoms with Gasteiger partial charge in [-0.25, -0.2) is 4.98 Å². The Hall–Kier alpha value is -3.10. The number of hydrogen-bond donors (Lipinski definition) is 2. The molecule has 0 aliphatic heterocycles. The second-order valence-electron chi connectivity index (χ2n) is 6.60. The molecule has 0 radical (unpaired) electrons. The summed E-state index contributed by atoms with van der Waals surface area (Å²) < 4.78 is 10.9. The molecule has 0 aliphatic rings. The number of thiazole rings is 1. The highest BCUT2D eigenvalue weighted by Gasteiger charge is 2.18. The van der Waals surface area contributed by atoms with E-state index in [0.717, 1.165) is 18.0 Å². The Kier molecular flexibility index (Phi) is 16.6. The van der Waals surface area contributed by atoms with Gasteiger partial charge >= 0.3 is 0 Å². The highest BCUT2D eigenvalue weighted by atomic mass is 32.1. The summed E-state index contributed by atoms with van der Waals surface area (Å²) in [6, 6.07) is 14.5. The summed E-state index contributed by atoms with van der Waals surface area (Å²) in [7, 11) is 5.57. The molecule has 8 heteroatoms. The average Bonchev–Trinajstić information content (AvgIpc) is 3.27. The quantitative estimate of drug-likeness (QED) is 0.314. The van der Waals surface area contributed by atoms with Crippen LogP contribution >= 0.6 is 11.3 Å². The van der Waals surface area contributed by atoms with Crippen LogP contribution in [0, 0.1) is 0 Å². The van der Waals surface area contributed by atoms with Crippen LogP contribution in [0.5, 0.6) is 11.5 Å². The van der Waals surface area contributed by atoms with Crippen molar-refractivity contribution in [3.63, 3.8) is 0 Å². The van der Waals surface area contributed by atoms with Crippen LogP contribution in [0.1, 0.15) is 56.8 Å². The third-order valence-corrected chi connectivity index (χ3v) is 5.09. The number of ether oxygens (including phenoxy) is 2. The SMILES string of the molecule is CC.CC.CC.COc1cccc(C(=O)c2sc(Nc3ccc(OCCN(C)C)cc3)nc2N)c1. The molecule has 3 N–H and O–H groups in total. The van der Waals surface area contributed by atoms with Gasteiger partial charge in [0.15, 0.2) is 5.13 Å². The molecule has 35 heavy (non-hydrogen) atoms. The Morgan fingerprint density at radius 2 is 1.63 bits per heavy atom. The van der Waals surface area contributed by atoms with Gasteiger partial charge in [-0.05, 0) is 50.5 Å². The predicted octanol–water partition coefficient (Wildman–Crippen LogP) is 6.73. The van der Waals surface area contributed by atoms with Gasteiger partial charge in [0.2, 0.25) is 5.78 Å². The fourth-order valence-electron chi connectivity index (χ4n) is 2.55. The zero-order valence-electron chi connectivity index (χ0n) is 22.6. The highest BCUT2D eigenvalue weighted by Crippen LogP contribution is 2.30. The fraction of sp³-hybridized carbons (Fsp3) is 0.407. The van der Waals surface area contributed by atoms with Crippen molar-refractivity contribution in [3.8, 4) is 11.5 Å². The van der Waals surface area contributed by atoms with Gasteiger partial charge in [-0.3, -0.25) is 4.79 Å². The molecule has 3 aromatic rings. The lowest BCUT2D eigenvalue weighted by atomic mass is 10.1. The van der Waals surface area contributed by atoms with Crippen molar-refractivity contribution in [2.24, 2.45) is 0 Å². The first-order valence-corrected chi connectivity index (χ1v) is 12.9. The number of nitrogens with zero attached hydrogens (tertiary/aromatic N) is 2. The molecular formula is C27H42N4O3S. The summed E-state index contributed by atoms with van der Waals surface area (Å²) in [5.74, 6) is 1.43. The van der Waals surface area contributed by atoms with Crippen molar-refractivity contribution in [2.45, 2.75) is 41.5 Å². The van der Waals surface area contributed by atoms with Crippen molar-refractivity contribution in [1.29, 1.82) is 0 Å². The molecule has 3 rings (SSSR count). The van der Waals surface area contributed by atoms with Gasteiger partial charge in [-0.1, -0.05) is 65.0 Å². The second kappa shape index (κ2) is 18.3. The first-order valence-electron chi connectivity index (χ1n) is 12.1. The lowest BCUT2D eigenvalue weighted by molar-refractivity contribution is 0.104. The molecule has 0 saturated carbocycles. The molecule has 0 bridgehead atoms. The number of nitrogen functional groups attached to an aromatic ring is 1. The van der Waals surface area contributed by atoms with Crippen LogP contribution in [0.25, 0.3) is 0 Å². The van der Waals surface area contributed by atoms with Crippen LogP contribution in [0.15, 0.2) is 48.5 Å². The van der Waals surface area contributed by atoms with Crippen LogP contribution < -0.4 is 20.5 Å². The maximum absolute atomic E-state index is 12.8. The number of benzene rings is 2. The average molecular weight is 503 g/mol. The molecule has 0 atom stereocenters. The van der Waals surface area contributed by atoms with Gasteiger partial charge in [0.1, 0.15) is 28.8 Å². The molecule has 0 fully saturated rings. The molecular weight excluding hydrogens is 460 g/mol. The van der Waals surface area contributed by atoms with E-state index in [9.17, 15) is 4.79 Å². The zero-order chi connectivity index (χ0) is 26.8. The highest BCUT2D eigenvalue weighted by molar-refractivity contribution is 7.18. The van der Waals surface area contributed by atoms with E-state index in [-0.39, 0.29) is 11.6 Å². The molecule has 0 aliphatic carbocycles. The minimum atomic E-state index is -0.184. The van der Waals surface area contributed by atoms with Crippen molar-refractivity contribution in [1.82, 2.24) is 9.88 Å². The fourth-order valence-corrected chi connectivity index (χ4v) is 3.41. The first-order chi connectivity index (χ1) is 17.0. The molecule has 7 nitrogen and oxygen atoms in total. The molecule has 0 amide bonds. The van der Waals surface area contributed by atoms with Gasteiger partial charge in [-0.15, -0.1) is 0 Å². The van der Waals surface area contributed by atoms with Gasteiger partial charge in [0.05, 0.1) is 7.11 Å². The number of ketones is 1. The Bertz CT molecular complexity index is 973. The third-order valence-electron chi connectivity index (χ3n) is 4.10. The van der Waals surface area contributed by atoms with E-state index in [1.54, 1.807) is 31.4 Å². The number of anilines is 3. The Morgan fingerprint density at radius 3 is 2.20 bits per heavy atom. The first kappa shape index (κ1) is 31.9. The Labute approximate surface area is 215 Å². The minimum Gasteiger partial charge on any atom is -0.497 e. The van der Waals surface area contributed by atoms with Crippen LogP contribution in [0.2, 0.25) is 0 Å². The number of methoxy groups -OCH3 is 1. The van der Waals surface area contributed by atoms with E-state index in [2.05, 4.69) is 15.2 Å². The van der Waals surface area contributed by atoms with E-state index >= 15 is 0 Å². The number of rotatable bonds is 9.